The van der Waals surface area contributed by atoms with Crippen LogP contribution in [0.25, 0.3) is 0 Å². The van der Waals surface area contributed by atoms with E-state index in [1.165, 1.54) is 4.88 Å². The molecule has 104 valence electrons. The van der Waals surface area contributed by atoms with E-state index in [9.17, 15) is 4.79 Å². The van der Waals surface area contributed by atoms with Crippen LogP contribution >= 0.6 is 11.3 Å². The molecule has 0 radical (unpaired) electrons. The second-order valence-corrected chi connectivity index (χ2v) is 5.29. The summed E-state index contributed by atoms with van der Waals surface area (Å²) in [5.41, 5.74) is 6.46. The first-order valence-electron chi connectivity index (χ1n) is 6.12. The van der Waals surface area contributed by atoms with Gasteiger partial charge in [-0.3, -0.25) is 0 Å². The molecule has 2 heterocycles. The Morgan fingerprint density at radius 3 is 2.90 bits per heavy atom. The minimum Gasteiger partial charge on any atom is -0.462 e. The van der Waals surface area contributed by atoms with Gasteiger partial charge in [0.1, 0.15) is 0 Å². The van der Waals surface area contributed by atoms with Crippen LogP contribution in [-0.2, 0) is 11.2 Å². The Morgan fingerprint density at radius 1 is 1.35 bits per heavy atom. The highest BCUT2D eigenvalue weighted by atomic mass is 32.1. The van der Waals surface area contributed by atoms with Crippen LogP contribution in [0.3, 0.4) is 0 Å². The number of fused-ring (bicyclic) bond motifs is 1. The highest BCUT2D eigenvalue weighted by Crippen LogP contribution is 2.36. The molecule has 0 atom stereocenters. The van der Waals surface area contributed by atoms with E-state index in [-0.39, 0.29) is 6.79 Å². The first-order valence-corrected chi connectivity index (χ1v) is 7.00. The molecule has 3 rings (SSSR count). The van der Waals surface area contributed by atoms with E-state index < -0.39 is 5.97 Å². The van der Waals surface area contributed by atoms with Gasteiger partial charge in [-0.25, -0.2) is 4.79 Å². The molecule has 0 saturated heterocycles. The molecule has 0 saturated carbocycles. The lowest BCUT2D eigenvalue weighted by Gasteiger charge is -2.07. The summed E-state index contributed by atoms with van der Waals surface area (Å²) < 4.78 is 15.6. The van der Waals surface area contributed by atoms with E-state index in [1.54, 1.807) is 23.5 Å². The summed E-state index contributed by atoms with van der Waals surface area (Å²) in [5.74, 6) is 0.624. The number of nitrogen functional groups attached to an aromatic ring is 1. The predicted octanol–water partition coefficient (Wildman–Crippen LogP) is 2.46. The van der Waals surface area contributed by atoms with E-state index >= 15 is 0 Å². The van der Waals surface area contributed by atoms with Gasteiger partial charge in [0.2, 0.25) is 6.79 Å². The molecule has 1 aliphatic heterocycles. The maximum atomic E-state index is 12.0. The summed E-state index contributed by atoms with van der Waals surface area (Å²) >= 11 is 1.64. The number of carbonyl (C=O) groups is 1. The Balaban J connectivity index is 1.65. The number of carbonyl (C=O) groups excluding carboxylic acids is 1. The summed E-state index contributed by atoms with van der Waals surface area (Å²) in [6.07, 6.45) is 0.702. The number of ether oxygens (including phenoxy) is 3. The van der Waals surface area contributed by atoms with Crippen molar-refractivity contribution in [3.8, 4) is 11.5 Å². The van der Waals surface area contributed by atoms with Gasteiger partial charge in [-0.2, -0.15) is 0 Å². The third kappa shape index (κ3) is 2.55. The number of hydrogen-bond donors (Lipinski definition) is 1. The normalized spacial score (nSPS) is 12.4. The zero-order chi connectivity index (χ0) is 13.9. The molecule has 5 nitrogen and oxygen atoms in total. The Labute approximate surface area is 119 Å². The second-order valence-electron chi connectivity index (χ2n) is 4.26. The van der Waals surface area contributed by atoms with E-state index in [1.807, 2.05) is 17.5 Å². The molecule has 2 aromatic rings. The van der Waals surface area contributed by atoms with E-state index in [2.05, 4.69) is 0 Å². The zero-order valence-corrected chi connectivity index (χ0v) is 11.4. The van der Waals surface area contributed by atoms with Crippen molar-refractivity contribution in [3.05, 3.63) is 40.1 Å². The molecule has 2 N–H and O–H groups in total. The van der Waals surface area contributed by atoms with Gasteiger partial charge in [-0.15, -0.1) is 11.3 Å². The Bertz CT molecular complexity index is 624. The van der Waals surface area contributed by atoms with Gasteiger partial charge in [0.25, 0.3) is 0 Å². The SMILES string of the molecule is Nc1cc2c(cc1C(=O)OCCc1cccs1)OCO2. The zero-order valence-electron chi connectivity index (χ0n) is 10.6. The van der Waals surface area contributed by atoms with E-state index in [0.717, 1.165) is 0 Å². The van der Waals surface area contributed by atoms with Crippen LogP contribution in [0, 0.1) is 0 Å². The molecule has 0 spiro atoms. The Morgan fingerprint density at radius 2 is 2.15 bits per heavy atom. The molecule has 1 aromatic heterocycles. The highest BCUT2D eigenvalue weighted by molar-refractivity contribution is 7.09. The highest BCUT2D eigenvalue weighted by Gasteiger charge is 2.20. The smallest absolute Gasteiger partial charge is 0.340 e. The van der Waals surface area contributed by atoms with Gasteiger partial charge in [0, 0.05) is 23.4 Å². The van der Waals surface area contributed by atoms with Gasteiger partial charge in [0.15, 0.2) is 11.5 Å². The van der Waals surface area contributed by atoms with Crippen molar-refractivity contribution in [3.63, 3.8) is 0 Å². The Hall–Kier alpha value is -2.21. The lowest BCUT2D eigenvalue weighted by molar-refractivity contribution is 0.0511. The van der Waals surface area contributed by atoms with Gasteiger partial charge in [-0.1, -0.05) is 6.07 Å². The maximum Gasteiger partial charge on any atom is 0.340 e. The first kappa shape index (κ1) is 12.8. The molecule has 0 aliphatic carbocycles. The third-order valence-corrected chi connectivity index (χ3v) is 3.86. The lowest BCUT2D eigenvalue weighted by atomic mass is 10.1. The monoisotopic (exact) mass is 291 g/mol. The van der Waals surface area contributed by atoms with Crippen molar-refractivity contribution in [2.75, 3.05) is 19.1 Å². The molecule has 0 unspecified atom stereocenters. The van der Waals surface area contributed by atoms with Crippen molar-refractivity contribution in [1.29, 1.82) is 0 Å². The molecule has 0 fully saturated rings. The van der Waals surface area contributed by atoms with Crippen molar-refractivity contribution in [1.82, 2.24) is 0 Å². The van der Waals surface area contributed by atoms with Crippen molar-refractivity contribution in [2.24, 2.45) is 0 Å². The molecule has 1 aliphatic rings. The lowest BCUT2D eigenvalue weighted by Crippen LogP contribution is -2.10. The predicted molar refractivity (Wildman–Crippen MR) is 75.3 cm³/mol. The second kappa shape index (κ2) is 5.42. The largest absolute Gasteiger partial charge is 0.462 e. The number of esters is 1. The summed E-state index contributed by atoms with van der Waals surface area (Å²) in [7, 11) is 0. The maximum absolute atomic E-state index is 12.0. The minimum absolute atomic E-state index is 0.144. The molecule has 6 heteroatoms. The summed E-state index contributed by atoms with van der Waals surface area (Å²) in [6.45, 7) is 0.471. The Kier molecular flexibility index (Phi) is 3.47. The van der Waals surface area contributed by atoms with Crippen molar-refractivity contribution >= 4 is 23.0 Å². The molecular formula is C14H13NO4S. The fraction of sp³-hybridized carbons (Fsp3) is 0.214. The molecular weight excluding hydrogens is 278 g/mol. The van der Waals surface area contributed by atoms with E-state index in [0.29, 0.717) is 35.8 Å². The van der Waals surface area contributed by atoms with Crippen LogP contribution in [0.1, 0.15) is 15.2 Å². The average molecular weight is 291 g/mol. The van der Waals surface area contributed by atoms with Crippen molar-refractivity contribution < 1.29 is 19.0 Å². The number of benzene rings is 1. The molecule has 1 aromatic carbocycles. The van der Waals surface area contributed by atoms with Gasteiger partial charge in [0.05, 0.1) is 17.9 Å². The average Bonchev–Trinajstić information content (AvgIpc) is 3.08. The summed E-state index contributed by atoms with van der Waals surface area (Å²) in [6, 6.07) is 7.12. The number of hydrogen-bond acceptors (Lipinski definition) is 6. The van der Waals surface area contributed by atoms with Gasteiger partial charge in [-0.05, 0) is 11.4 Å². The minimum atomic E-state index is -0.447. The summed E-state index contributed by atoms with van der Waals surface area (Å²) in [4.78, 5) is 13.2. The summed E-state index contributed by atoms with van der Waals surface area (Å²) in [5, 5.41) is 1.99. The van der Waals surface area contributed by atoms with Crippen molar-refractivity contribution in [2.45, 2.75) is 6.42 Å². The fourth-order valence-corrected chi connectivity index (χ4v) is 2.60. The third-order valence-electron chi connectivity index (χ3n) is 2.93. The quantitative estimate of drug-likeness (QED) is 0.692. The fourth-order valence-electron chi connectivity index (χ4n) is 1.91. The van der Waals surface area contributed by atoms with Crippen LogP contribution in [0.4, 0.5) is 5.69 Å². The van der Waals surface area contributed by atoms with Crippen LogP contribution in [0.15, 0.2) is 29.6 Å². The van der Waals surface area contributed by atoms with Gasteiger partial charge < -0.3 is 19.9 Å². The topological polar surface area (TPSA) is 70.8 Å². The first-order chi connectivity index (χ1) is 9.74. The van der Waals surface area contributed by atoms with Crippen LogP contribution in [0.5, 0.6) is 11.5 Å². The molecule has 0 amide bonds. The number of rotatable bonds is 4. The van der Waals surface area contributed by atoms with Gasteiger partial charge >= 0.3 is 5.97 Å². The molecule has 20 heavy (non-hydrogen) atoms. The standard InChI is InChI=1S/C14H13NO4S/c15-11-7-13-12(18-8-19-13)6-10(11)14(16)17-4-3-9-2-1-5-20-9/h1-2,5-7H,3-4,8,15H2. The van der Waals surface area contributed by atoms with Crippen LogP contribution in [-0.4, -0.2) is 19.4 Å². The van der Waals surface area contributed by atoms with Crippen LogP contribution < -0.4 is 15.2 Å². The number of anilines is 1. The number of nitrogens with two attached hydrogens (primary N) is 1. The van der Waals surface area contributed by atoms with E-state index in [4.69, 9.17) is 19.9 Å². The van der Waals surface area contributed by atoms with Crippen LogP contribution in [0.2, 0.25) is 0 Å². The molecule has 0 bridgehead atoms. The number of thiophene rings is 1.